The van der Waals surface area contributed by atoms with Crippen molar-refractivity contribution in [2.45, 2.75) is 17.9 Å². The van der Waals surface area contributed by atoms with Crippen molar-refractivity contribution in [3.8, 4) is 0 Å². The lowest BCUT2D eigenvalue weighted by molar-refractivity contribution is -0.399. The van der Waals surface area contributed by atoms with Crippen molar-refractivity contribution in [1.82, 2.24) is 0 Å². The molecule has 2 heterocycles. The summed E-state index contributed by atoms with van der Waals surface area (Å²) in [4.78, 5) is 48.9. The number of benzene rings is 1. The molecular weight excluding hydrogens is 380 g/mol. The summed E-state index contributed by atoms with van der Waals surface area (Å²) in [6, 6.07) is 1.21. The largest absolute Gasteiger partial charge is 0.462 e. The van der Waals surface area contributed by atoms with Gasteiger partial charge in [-0.05, 0) is 6.92 Å². The molecule has 27 heavy (non-hydrogen) atoms. The van der Waals surface area contributed by atoms with Gasteiger partial charge in [0.25, 0.3) is 11.4 Å². The number of hydrogen-bond acceptors (Lipinski definition) is 11. The van der Waals surface area contributed by atoms with Crippen LogP contribution in [0.4, 0.5) is 11.4 Å². The Kier molecular flexibility index (Phi) is 5.03. The molecule has 1 unspecified atom stereocenters. The van der Waals surface area contributed by atoms with Crippen molar-refractivity contribution >= 4 is 52.7 Å². The van der Waals surface area contributed by atoms with Crippen LogP contribution in [0.3, 0.4) is 0 Å². The number of rotatable bonds is 5. The van der Waals surface area contributed by atoms with Crippen molar-refractivity contribution in [3.63, 3.8) is 0 Å². The number of aliphatic imine (C=N–C) groups is 4. The Morgan fingerprint density at radius 3 is 2.44 bits per heavy atom. The van der Waals surface area contributed by atoms with Crippen LogP contribution >= 0.6 is 11.8 Å². The van der Waals surface area contributed by atoms with E-state index in [-0.39, 0.29) is 22.1 Å². The van der Waals surface area contributed by atoms with Gasteiger partial charge < -0.3 is 4.74 Å². The summed E-state index contributed by atoms with van der Waals surface area (Å²) < 4.78 is 4.78. The van der Waals surface area contributed by atoms with Gasteiger partial charge in [-0.3, -0.25) is 25.2 Å². The molecular formula is C14H10N6O6S. The Morgan fingerprint density at radius 1 is 1.19 bits per heavy atom. The summed E-state index contributed by atoms with van der Waals surface area (Å²) in [6.45, 7) is 1.57. The molecule has 0 saturated heterocycles. The first-order valence-electron chi connectivity index (χ1n) is 7.43. The zero-order valence-corrected chi connectivity index (χ0v) is 14.5. The molecule has 0 radical (unpaired) electrons. The first-order chi connectivity index (χ1) is 12.9. The van der Waals surface area contributed by atoms with Gasteiger partial charge in [-0.2, -0.15) is 0 Å². The molecule has 0 N–H and O–H groups in total. The summed E-state index contributed by atoms with van der Waals surface area (Å²) in [5.41, 5.74) is -1.50. The van der Waals surface area contributed by atoms with Gasteiger partial charge >= 0.3 is 5.97 Å². The molecule has 2 aliphatic heterocycles. The molecule has 0 spiro atoms. The summed E-state index contributed by atoms with van der Waals surface area (Å²) in [5, 5.41) is 23.2. The second kappa shape index (κ2) is 7.41. The number of carbonyl (C=O) groups is 1. The molecule has 3 rings (SSSR count). The van der Waals surface area contributed by atoms with Crippen LogP contribution in [0.1, 0.15) is 17.3 Å². The number of thioether (sulfide) groups is 1. The minimum atomic E-state index is -0.891. The highest BCUT2D eigenvalue weighted by Crippen LogP contribution is 2.40. The maximum absolute atomic E-state index is 11.9. The van der Waals surface area contributed by atoms with E-state index in [1.807, 2.05) is 0 Å². The zero-order valence-electron chi connectivity index (χ0n) is 13.6. The molecule has 1 aromatic carbocycles. The molecule has 12 nitrogen and oxygen atoms in total. The van der Waals surface area contributed by atoms with E-state index in [2.05, 4.69) is 20.0 Å². The second-order valence-electron chi connectivity index (χ2n) is 5.05. The molecule has 138 valence electrons. The minimum absolute atomic E-state index is 0.0227. The summed E-state index contributed by atoms with van der Waals surface area (Å²) in [6.07, 6.45) is 2.46. The lowest BCUT2D eigenvalue weighted by Gasteiger charge is -2.14. The van der Waals surface area contributed by atoms with Crippen LogP contribution in [0, 0.1) is 20.2 Å². The molecule has 1 aromatic rings. The summed E-state index contributed by atoms with van der Waals surface area (Å²) >= 11 is 0.713. The predicted molar refractivity (Wildman–Crippen MR) is 97.2 cm³/mol. The fourth-order valence-corrected chi connectivity index (χ4v) is 3.35. The predicted octanol–water partition coefficient (Wildman–Crippen LogP) is 2.02. The smallest absolute Gasteiger partial charge is 0.338 e. The van der Waals surface area contributed by atoms with Crippen LogP contribution in [0.2, 0.25) is 0 Å². The number of nitrogens with zero attached hydrogens (tertiary/aromatic N) is 6. The van der Waals surface area contributed by atoms with Gasteiger partial charge in [0.15, 0.2) is 16.8 Å². The normalized spacial score (nSPS) is 17.1. The van der Waals surface area contributed by atoms with Gasteiger partial charge in [0, 0.05) is 12.1 Å². The van der Waals surface area contributed by atoms with Crippen LogP contribution in [0.15, 0.2) is 37.0 Å². The number of esters is 1. The lowest BCUT2D eigenvalue weighted by Crippen LogP contribution is -2.25. The Labute approximate surface area is 155 Å². The van der Waals surface area contributed by atoms with Gasteiger partial charge in [0.05, 0.1) is 22.0 Å². The van der Waals surface area contributed by atoms with E-state index in [1.54, 1.807) is 6.92 Å². The standard InChI is InChI=1S/C14H10N6O6S/c1-2-26-14(21)7-3-8(19(22)23)11(9(4-7)20(24)25)27-13-10-12(16-5-15-10)17-6-18-13/h3-6,10H,2H2,1H3. The molecule has 2 aliphatic rings. The van der Waals surface area contributed by atoms with Gasteiger partial charge in [0.2, 0.25) is 0 Å². The molecule has 0 aromatic heterocycles. The lowest BCUT2D eigenvalue weighted by atomic mass is 10.1. The first-order valence-corrected chi connectivity index (χ1v) is 8.25. The van der Waals surface area contributed by atoms with E-state index >= 15 is 0 Å². The van der Waals surface area contributed by atoms with E-state index in [9.17, 15) is 25.0 Å². The summed E-state index contributed by atoms with van der Waals surface area (Å²) in [5.74, 6) is -0.557. The van der Waals surface area contributed by atoms with E-state index < -0.39 is 33.2 Å². The Hall–Kier alpha value is -3.48. The molecule has 0 bridgehead atoms. The van der Waals surface area contributed by atoms with Crippen LogP contribution in [0.25, 0.3) is 0 Å². The number of hydrogen-bond donors (Lipinski definition) is 0. The van der Waals surface area contributed by atoms with Gasteiger partial charge in [0.1, 0.15) is 17.7 Å². The zero-order chi connectivity index (χ0) is 19.6. The molecule has 0 amide bonds. The Balaban J connectivity index is 2.09. The van der Waals surface area contributed by atoms with E-state index in [0.717, 1.165) is 12.1 Å². The number of nitro benzene ring substituents is 2. The van der Waals surface area contributed by atoms with Crippen LogP contribution in [-0.2, 0) is 4.74 Å². The van der Waals surface area contributed by atoms with E-state index in [0.29, 0.717) is 17.6 Å². The average molecular weight is 390 g/mol. The van der Waals surface area contributed by atoms with Crippen LogP contribution in [0.5, 0.6) is 0 Å². The molecule has 13 heteroatoms. The third-order valence-electron chi connectivity index (χ3n) is 3.42. The Morgan fingerprint density at radius 2 is 1.85 bits per heavy atom. The minimum Gasteiger partial charge on any atom is -0.462 e. The fraction of sp³-hybridized carbons (Fsp3) is 0.214. The van der Waals surface area contributed by atoms with Crippen molar-refractivity contribution in [3.05, 3.63) is 37.9 Å². The third kappa shape index (κ3) is 3.57. The van der Waals surface area contributed by atoms with Crippen molar-refractivity contribution in [1.29, 1.82) is 0 Å². The Bertz CT molecular complexity index is 934. The number of ether oxygens (including phenoxy) is 1. The number of nitro groups is 2. The van der Waals surface area contributed by atoms with Gasteiger partial charge in [-0.25, -0.2) is 19.8 Å². The highest BCUT2D eigenvalue weighted by molar-refractivity contribution is 8.14. The van der Waals surface area contributed by atoms with Crippen molar-refractivity contribution in [2.75, 3.05) is 6.61 Å². The highest BCUT2D eigenvalue weighted by Gasteiger charge is 2.34. The maximum atomic E-state index is 11.9. The number of fused-ring (bicyclic) bond motifs is 1. The molecule has 0 fully saturated rings. The maximum Gasteiger partial charge on any atom is 0.338 e. The van der Waals surface area contributed by atoms with Gasteiger partial charge in [-0.15, -0.1) is 0 Å². The van der Waals surface area contributed by atoms with Crippen molar-refractivity contribution < 1.29 is 19.4 Å². The van der Waals surface area contributed by atoms with E-state index in [1.165, 1.54) is 12.7 Å². The average Bonchev–Trinajstić information content (AvgIpc) is 3.11. The van der Waals surface area contributed by atoms with Crippen LogP contribution in [-0.4, -0.2) is 52.0 Å². The van der Waals surface area contributed by atoms with Crippen molar-refractivity contribution in [2.24, 2.45) is 20.0 Å². The molecule has 0 saturated carbocycles. The number of amidine groups is 1. The SMILES string of the molecule is CCOC(=O)c1cc([N+](=O)[O-])c(SC2=NC=NC3=NC=NC32)c([N+](=O)[O-])c1. The molecule has 0 aliphatic carbocycles. The van der Waals surface area contributed by atoms with E-state index in [4.69, 9.17) is 4.74 Å². The summed E-state index contributed by atoms with van der Waals surface area (Å²) in [7, 11) is 0. The number of carbonyl (C=O) groups excluding carboxylic acids is 1. The first kappa shape index (κ1) is 18.3. The second-order valence-corrected chi connectivity index (χ2v) is 6.08. The highest BCUT2D eigenvalue weighted by atomic mass is 32.2. The fourth-order valence-electron chi connectivity index (χ4n) is 2.28. The van der Waals surface area contributed by atoms with Gasteiger partial charge in [-0.1, -0.05) is 11.8 Å². The monoisotopic (exact) mass is 390 g/mol. The van der Waals surface area contributed by atoms with Crippen LogP contribution < -0.4 is 0 Å². The quantitative estimate of drug-likeness (QED) is 0.422. The molecule has 1 atom stereocenters. The topological polar surface area (TPSA) is 162 Å². The third-order valence-corrected chi connectivity index (χ3v) is 4.58.